The molecule has 1 rings (SSSR count). The molecule has 1 unspecified atom stereocenters. The Bertz CT molecular complexity index is 500. The van der Waals surface area contributed by atoms with E-state index in [4.69, 9.17) is 9.84 Å². The van der Waals surface area contributed by atoms with Crippen molar-refractivity contribution in [3.63, 3.8) is 0 Å². The van der Waals surface area contributed by atoms with E-state index < -0.39 is 5.92 Å². The van der Waals surface area contributed by atoms with E-state index in [1.165, 1.54) is 12.0 Å². The van der Waals surface area contributed by atoms with E-state index in [1.807, 2.05) is 31.2 Å². The number of hydrogen-bond donors (Lipinski definition) is 1. The molecule has 1 aromatic rings. The van der Waals surface area contributed by atoms with Gasteiger partial charge < -0.3 is 19.5 Å². The van der Waals surface area contributed by atoms with E-state index in [0.29, 0.717) is 6.61 Å². The van der Waals surface area contributed by atoms with Crippen LogP contribution in [0.5, 0.6) is 5.75 Å². The molecule has 0 aliphatic carbocycles. The monoisotopic (exact) mass is 323 g/mol. The van der Waals surface area contributed by atoms with Crippen LogP contribution in [0.3, 0.4) is 0 Å². The number of methoxy groups -OCH3 is 1. The minimum absolute atomic E-state index is 0.140. The molecule has 6 nitrogen and oxygen atoms in total. The fourth-order valence-electron chi connectivity index (χ4n) is 2.20. The van der Waals surface area contributed by atoms with Crippen molar-refractivity contribution in [1.82, 2.24) is 4.90 Å². The average Bonchev–Trinajstić information content (AvgIpc) is 2.55. The Morgan fingerprint density at radius 1 is 1.26 bits per heavy atom. The molecule has 0 saturated heterocycles. The van der Waals surface area contributed by atoms with Crippen LogP contribution in [0.2, 0.25) is 0 Å². The number of rotatable bonds is 9. The third-order valence-corrected chi connectivity index (χ3v) is 3.41. The summed E-state index contributed by atoms with van der Waals surface area (Å²) in [7, 11) is 1.32. The molecular formula is C17H25NO5. The van der Waals surface area contributed by atoms with Gasteiger partial charge in [-0.2, -0.15) is 0 Å². The van der Waals surface area contributed by atoms with Crippen LogP contribution in [-0.2, 0) is 20.7 Å². The van der Waals surface area contributed by atoms with Gasteiger partial charge in [-0.1, -0.05) is 19.1 Å². The Morgan fingerprint density at radius 2 is 1.91 bits per heavy atom. The maximum absolute atomic E-state index is 12.4. The molecule has 0 heterocycles. The summed E-state index contributed by atoms with van der Waals surface area (Å²) in [5.41, 5.74) is 0.854. The van der Waals surface area contributed by atoms with Gasteiger partial charge in [0.05, 0.1) is 32.7 Å². The van der Waals surface area contributed by atoms with Crippen LogP contribution in [0.4, 0.5) is 0 Å². The topological polar surface area (TPSA) is 76.1 Å². The number of carbonyl (C=O) groups excluding carboxylic acids is 2. The van der Waals surface area contributed by atoms with Crippen LogP contribution in [0.25, 0.3) is 0 Å². The standard InChI is InChI=1S/C17H25NO5/c1-4-23-15-7-5-14(6-8-15)11-16(20)18(9-10-19)12-13(2)17(21)22-3/h5-8,13,19H,4,9-12H2,1-3H3. The van der Waals surface area contributed by atoms with Gasteiger partial charge in [0.15, 0.2) is 0 Å². The van der Waals surface area contributed by atoms with Gasteiger partial charge >= 0.3 is 5.97 Å². The molecule has 0 saturated carbocycles. The molecule has 0 aromatic heterocycles. The number of ether oxygens (including phenoxy) is 2. The zero-order valence-corrected chi connectivity index (χ0v) is 13.9. The Labute approximate surface area is 137 Å². The second-order valence-electron chi connectivity index (χ2n) is 5.24. The highest BCUT2D eigenvalue weighted by Crippen LogP contribution is 2.13. The molecule has 1 aromatic carbocycles. The summed E-state index contributed by atoms with van der Waals surface area (Å²) in [4.78, 5) is 25.4. The maximum Gasteiger partial charge on any atom is 0.310 e. The van der Waals surface area contributed by atoms with Gasteiger partial charge in [-0.15, -0.1) is 0 Å². The van der Waals surface area contributed by atoms with Crippen molar-refractivity contribution >= 4 is 11.9 Å². The van der Waals surface area contributed by atoms with E-state index in [-0.39, 0.29) is 38.0 Å². The molecule has 23 heavy (non-hydrogen) atoms. The summed E-state index contributed by atoms with van der Waals surface area (Å²) in [6, 6.07) is 7.31. The predicted octanol–water partition coefficient (Wildman–Crippen LogP) is 1.26. The lowest BCUT2D eigenvalue weighted by atomic mass is 10.1. The molecule has 1 atom stereocenters. The first-order valence-electron chi connectivity index (χ1n) is 7.70. The summed E-state index contributed by atoms with van der Waals surface area (Å²) >= 11 is 0. The van der Waals surface area contributed by atoms with Crippen LogP contribution < -0.4 is 4.74 Å². The number of amides is 1. The molecule has 1 N–H and O–H groups in total. The lowest BCUT2D eigenvalue weighted by Gasteiger charge is -2.24. The van der Waals surface area contributed by atoms with Gasteiger partial charge in [-0.05, 0) is 24.6 Å². The highest BCUT2D eigenvalue weighted by Gasteiger charge is 2.21. The van der Waals surface area contributed by atoms with Gasteiger partial charge in [0.1, 0.15) is 5.75 Å². The molecule has 0 aliphatic heterocycles. The number of aliphatic hydroxyl groups excluding tert-OH is 1. The Balaban J connectivity index is 2.67. The van der Waals surface area contributed by atoms with Crippen LogP contribution in [0.15, 0.2) is 24.3 Å². The fourth-order valence-corrected chi connectivity index (χ4v) is 2.20. The molecule has 6 heteroatoms. The van der Waals surface area contributed by atoms with E-state index >= 15 is 0 Å². The van der Waals surface area contributed by atoms with Crippen molar-refractivity contribution in [1.29, 1.82) is 0 Å². The summed E-state index contributed by atoms with van der Waals surface area (Å²) in [5.74, 6) is -0.188. The van der Waals surface area contributed by atoms with Gasteiger partial charge in [-0.3, -0.25) is 9.59 Å². The Kier molecular flexibility index (Phi) is 8.11. The SMILES string of the molecule is CCOc1ccc(CC(=O)N(CCO)CC(C)C(=O)OC)cc1. The minimum Gasteiger partial charge on any atom is -0.494 e. The predicted molar refractivity (Wildman–Crippen MR) is 86.2 cm³/mol. The van der Waals surface area contributed by atoms with E-state index in [1.54, 1.807) is 6.92 Å². The number of hydrogen-bond acceptors (Lipinski definition) is 5. The molecule has 0 bridgehead atoms. The van der Waals surface area contributed by atoms with Crippen molar-refractivity contribution in [2.75, 3.05) is 33.4 Å². The van der Waals surface area contributed by atoms with Crippen molar-refractivity contribution in [3.8, 4) is 5.75 Å². The molecule has 0 fully saturated rings. The zero-order chi connectivity index (χ0) is 17.2. The highest BCUT2D eigenvalue weighted by atomic mass is 16.5. The van der Waals surface area contributed by atoms with Crippen molar-refractivity contribution in [3.05, 3.63) is 29.8 Å². The summed E-state index contributed by atoms with van der Waals surface area (Å²) < 4.78 is 10.0. The van der Waals surface area contributed by atoms with Crippen molar-refractivity contribution in [2.45, 2.75) is 20.3 Å². The van der Waals surface area contributed by atoms with Crippen LogP contribution in [0, 0.1) is 5.92 Å². The lowest BCUT2D eigenvalue weighted by Crippen LogP contribution is -2.39. The summed E-state index contributed by atoms with van der Waals surface area (Å²) in [5, 5.41) is 9.13. The largest absolute Gasteiger partial charge is 0.494 e. The first kappa shape index (κ1) is 19.0. The molecule has 128 valence electrons. The summed E-state index contributed by atoms with van der Waals surface area (Å²) in [6.07, 6.45) is 0.209. The number of carbonyl (C=O) groups is 2. The number of benzene rings is 1. The van der Waals surface area contributed by atoms with Crippen LogP contribution >= 0.6 is 0 Å². The first-order chi connectivity index (χ1) is 11.0. The van der Waals surface area contributed by atoms with E-state index in [9.17, 15) is 9.59 Å². The number of nitrogens with zero attached hydrogens (tertiary/aromatic N) is 1. The third-order valence-electron chi connectivity index (χ3n) is 3.41. The van der Waals surface area contributed by atoms with Crippen molar-refractivity contribution in [2.24, 2.45) is 5.92 Å². The molecule has 0 spiro atoms. The normalized spacial score (nSPS) is 11.7. The van der Waals surface area contributed by atoms with E-state index in [2.05, 4.69) is 4.74 Å². The second-order valence-corrected chi connectivity index (χ2v) is 5.24. The van der Waals surface area contributed by atoms with Crippen molar-refractivity contribution < 1.29 is 24.2 Å². The maximum atomic E-state index is 12.4. The third kappa shape index (κ3) is 6.28. The number of aliphatic hydroxyl groups is 1. The minimum atomic E-state index is -0.434. The first-order valence-corrected chi connectivity index (χ1v) is 7.70. The van der Waals surface area contributed by atoms with Crippen LogP contribution in [0.1, 0.15) is 19.4 Å². The Morgan fingerprint density at radius 3 is 2.43 bits per heavy atom. The fraction of sp³-hybridized carbons (Fsp3) is 0.529. The van der Waals surface area contributed by atoms with Crippen LogP contribution in [-0.4, -0.2) is 55.3 Å². The van der Waals surface area contributed by atoms with Gasteiger partial charge in [0.2, 0.25) is 5.91 Å². The second kappa shape index (κ2) is 9.84. The number of esters is 1. The smallest absolute Gasteiger partial charge is 0.310 e. The van der Waals surface area contributed by atoms with Gasteiger partial charge in [-0.25, -0.2) is 0 Å². The molecule has 0 aliphatic rings. The molecule has 1 amide bonds. The van der Waals surface area contributed by atoms with Gasteiger partial charge in [0.25, 0.3) is 0 Å². The highest BCUT2D eigenvalue weighted by molar-refractivity contribution is 5.80. The summed E-state index contributed by atoms with van der Waals surface area (Å²) in [6.45, 7) is 4.46. The zero-order valence-electron chi connectivity index (χ0n) is 13.9. The van der Waals surface area contributed by atoms with E-state index in [0.717, 1.165) is 11.3 Å². The Hall–Kier alpha value is -2.08. The quantitative estimate of drug-likeness (QED) is 0.692. The average molecular weight is 323 g/mol. The molecular weight excluding hydrogens is 298 g/mol. The van der Waals surface area contributed by atoms with Gasteiger partial charge in [0, 0.05) is 13.1 Å². The molecule has 0 radical (unpaired) electrons. The lowest BCUT2D eigenvalue weighted by molar-refractivity contribution is -0.146.